The van der Waals surface area contributed by atoms with Crippen LogP contribution in [0.15, 0.2) is 0 Å². The van der Waals surface area contributed by atoms with E-state index in [-0.39, 0.29) is 0 Å². The van der Waals surface area contributed by atoms with Gasteiger partial charge < -0.3 is 40.7 Å². The summed E-state index contributed by atoms with van der Waals surface area (Å²) in [6.07, 6.45) is -10.8. The fraction of sp³-hybridized carbons (Fsp3) is 0.875. The highest BCUT2D eigenvalue weighted by Crippen LogP contribution is 2.22. The molecule has 1 rings (SSSR count). The molecule has 6 atom stereocenters. The molecular formula is C8H15NO8. The molecule has 100 valence electrons. The number of rotatable bonds is 3. The lowest BCUT2D eigenvalue weighted by Crippen LogP contribution is -2.61. The first kappa shape index (κ1) is 14.1. The van der Waals surface area contributed by atoms with Gasteiger partial charge in [0.2, 0.25) is 0 Å². The van der Waals surface area contributed by atoms with E-state index in [0.29, 0.717) is 0 Å². The fourth-order valence-corrected chi connectivity index (χ4v) is 1.47. The molecular weight excluding hydrogens is 238 g/mol. The van der Waals surface area contributed by atoms with Crippen LogP contribution in [0, 0.1) is 0 Å². The van der Waals surface area contributed by atoms with Crippen molar-refractivity contribution in [3.8, 4) is 0 Å². The highest BCUT2D eigenvalue weighted by atomic mass is 16.6. The van der Waals surface area contributed by atoms with E-state index in [1.807, 2.05) is 0 Å². The second kappa shape index (κ2) is 5.58. The molecule has 0 saturated carbocycles. The predicted octanol–water partition coefficient (Wildman–Crippen LogP) is -3.76. The maximum Gasteiger partial charge on any atom is 0.404 e. The molecule has 1 heterocycles. The number of primary amides is 1. The van der Waals surface area contributed by atoms with Crippen LogP contribution in [0.5, 0.6) is 0 Å². The Balaban J connectivity index is 2.60. The quantitative estimate of drug-likeness (QED) is 0.298. The van der Waals surface area contributed by atoms with Crippen molar-refractivity contribution < 1.29 is 39.8 Å². The zero-order valence-electron chi connectivity index (χ0n) is 8.71. The van der Waals surface area contributed by atoms with E-state index < -0.39 is 49.5 Å². The van der Waals surface area contributed by atoms with E-state index in [9.17, 15) is 25.2 Å². The van der Waals surface area contributed by atoms with Crippen LogP contribution in [0.3, 0.4) is 0 Å². The summed E-state index contributed by atoms with van der Waals surface area (Å²) < 4.78 is 8.96. The molecule has 0 aliphatic carbocycles. The molecule has 1 aliphatic rings. The summed E-state index contributed by atoms with van der Waals surface area (Å²) in [5.41, 5.74) is 4.67. The minimum absolute atomic E-state index is 0.577. The molecule has 0 aromatic heterocycles. The lowest BCUT2D eigenvalue weighted by Gasteiger charge is -2.39. The summed E-state index contributed by atoms with van der Waals surface area (Å²) >= 11 is 0. The molecule has 9 nitrogen and oxygen atoms in total. The first-order valence-corrected chi connectivity index (χ1v) is 4.82. The number of ether oxygens (including phenoxy) is 2. The summed E-state index contributed by atoms with van der Waals surface area (Å²) in [4.78, 5) is 10.3. The SMILES string of the molecule is NC(=O)OC[C@H](O)[C@H]1OC(O)[C@@H](O)[C@@H](O)[C@@H]1O. The number of aliphatic hydroxyl groups excluding tert-OH is 5. The Labute approximate surface area is 96.0 Å². The van der Waals surface area contributed by atoms with Gasteiger partial charge in [0, 0.05) is 0 Å². The summed E-state index contributed by atoms with van der Waals surface area (Å²) in [5.74, 6) is 0. The van der Waals surface area contributed by atoms with E-state index in [1.54, 1.807) is 0 Å². The van der Waals surface area contributed by atoms with Gasteiger partial charge in [0.15, 0.2) is 6.29 Å². The number of hydrogen-bond acceptors (Lipinski definition) is 8. The van der Waals surface area contributed by atoms with Crippen LogP contribution in [0.4, 0.5) is 4.79 Å². The van der Waals surface area contributed by atoms with E-state index in [4.69, 9.17) is 5.11 Å². The van der Waals surface area contributed by atoms with Crippen LogP contribution < -0.4 is 5.73 Å². The number of carbonyl (C=O) groups excluding carboxylic acids is 1. The number of amides is 1. The van der Waals surface area contributed by atoms with Crippen molar-refractivity contribution in [1.29, 1.82) is 0 Å². The molecule has 1 unspecified atom stereocenters. The van der Waals surface area contributed by atoms with Crippen molar-refractivity contribution in [2.75, 3.05) is 6.61 Å². The van der Waals surface area contributed by atoms with Gasteiger partial charge in [-0.05, 0) is 0 Å². The Bertz CT molecular complexity index is 274. The molecule has 17 heavy (non-hydrogen) atoms. The molecule has 0 spiro atoms. The highest BCUT2D eigenvalue weighted by molar-refractivity contribution is 5.64. The zero-order valence-corrected chi connectivity index (χ0v) is 8.71. The van der Waals surface area contributed by atoms with Crippen molar-refractivity contribution in [2.24, 2.45) is 5.73 Å². The van der Waals surface area contributed by atoms with Crippen LogP contribution in [0.2, 0.25) is 0 Å². The van der Waals surface area contributed by atoms with E-state index >= 15 is 0 Å². The fourth-order valence-electron chi connectivity index (χ4n) is 1.47. The highest BCUT2D eigenvalue weighted by Gasteiger charge is 2.45. The molecule has 1 amide bonds. The van der Waals surface area contributed by atoms with Gasteiger partial charge in [-0.2, -0.15) is 0 Å². The molecule has 0 aromatic carbocycles. The van der Waals surface area contributed by atoms with Gasteiger partial charge in [0.1, 0.15) is 37.1 Å². The van der Waals surface area contributed by atoms with Crippen molar-refractivity contribution in [2.45, 2.75) is 36.8 Å². The Morgan fingerprint density at radius 2 is 1.82 bits per heavy atom. The first-order chi connectivity index (χ1) is 7.84. The minimum Gasteiger partial charge on any atom is -0.447 e. The maximum atomic E-state index is 10.3. The normalized spacial score (nSPS) is 39.7. The monoisotopic (exact) mass is 253 g/mol. The number of nitrogens with two attached hydrogens (primary N) is 1. The van der Waals surface area contributed by atoms with E-state index in [2.05, 4.69) is 15.2 Å². The average molecular weight is 253 g/mol. The topological polar surface area (TPSA) is 163 Å². The molecule has 1 fully saturated rings. The van der Waals surface area contributed by atoms with Crippen LogP contribution in [0.1, 0.15) is 0 Å². The maximum absolute atomic E-state index is 10.3. The van der Waals surface area contributed by atoms with E-state index in [1.165, 1.54) is 0 Å². The van der Waals surface area contributed by atoms with Gasteiger partial charge >= 0.3 is 6.09 Å². The van der Waals surface area contributed by atoms with E-state index in [0.717, 1.165) is 0 Å². The lowest BCUT2D eigenvalue weighted by molar-refractivity contribution is -0.298. The molecule has 0 radical (unpaired) electrons. The van der Waals surface area contributed by atoms with Crippen LogP contribution in [-0.2, 0) is 9.47 Å². The third-order valence-corrected chi connectivity index (χ3v) is 2.40. The minimum atomic E-state index is -1.76. The Morgan fingerprint density at radius 3 is 2.35 bits per heavy atom. The van der Waals surface area contributed by atoms with Crippen molar-refractivity contribution in [1.82, 2.24) is 0 Å². The van der Waals surface area contributed by atoms with Gasteiger partial charge in [-0.25, -0.2) is 4.79 Å². The Morgan fingerprint density at radius 1 is 1.24 bits per heavy atom. The van der Waals surface area contributed by atoms with Crippen LogP contribution in [-0.4, -0.2) is 75.0 Å². The lowest BCUT2D eigenvalue weighted by atomic mass is 9.96. The third-order valence-electron chi connectivity index (χ3n) is 2.40. The summed E-state index contributed by atoms with van der Waals surface area (Å²) in [6.45, 7) is -0.577. The summed E-state index contributed by atoms with van der Waals surface area (Å²) in [6, 6.07) is 0. The molecule has 1 saturated heterocycles. The largest absolute Gasteiger partial charge is 0.447 e. The van der Waals surface area contributed by atoms with Crippen molar-refractivity contribution in [3.63, 3.8) is 0 Å². The predicted molar refractivity (Wildman–Crippen MR) is 50.4 cm³/mol. The van der Waals surface area contributed by atoms with Crippen LogP contribution in [0.25, 0.3) is 0 Å². The molecule has 0 bridgehead atoms. The second-order valence-corrected chi connectivity index (χ2v) is 3.66. The van der Waals surface area contributed by atoms with Gasteiger partial charge in [-0.3, -0.25) is 0 Å². The van der Waals surface area contributed by atoms with Crippen LogP contribution >= 0.6 is 0 Å². The first-order valence-electron chi connectivity index (χ1n) is 4.82. The van der Waals surface area contributed by atoms with Gasteiger partial charge in [0.25, 0.3) is 0 Å². The Hall–Kier alpha value is -0.970. The molecule has 9 heteroatoms. The van der Waals surface area contributed by atoms with Gasteiger partial charge in [-0.15, -0.1) is 0 Å². The second-order valence-electron chi connectivity index (χ2n) is 3.66. The van der Waals surface area contributed by atoms with Crippen molar-refractivity contribution in [3.05, 3.63) is 0 Å². The number of aliphatic hydroxyl groups is 5. The zero-order chi connectivity index (χ0) is 13.2. The van der Waals surface area contributed by atoms with Gasteiger partial charge in [-0.1, -0.05) is 0 Å². The smallest absolute Gasteiger partial charge is 0.404 e. The molecule has 1 aliphatic heterocycles. The number of carbonyl (C=O) groups is 1. The summed E-state index contributed by atoms with van der Waals surface area (Å²) in [5, 5.41) is 46.6. The summed E-state index contributed by atoms with van der Waals surface area (Å²) in [7, 11) is 0. The Kier molecular flexibility index (Phi) is 4.62. The third kappa shape index (κ3) is 3.25. The standard InChI is InChI=1S/C8H15NO8/c9-8(15)16-1-2(10)6-4(12)3(11)5(13)7(14)17-6/h2-7,10-14H,1H2,(H2,9,15)/t2-,3-,4-,5-,6+,7?/m0/s1. The van der Waals surface area contributed by atoms with Gasteiger partial charge in [0.05, 0.1) is 0 Å². The number of hydrogen-bond donors (Lipinski definition) is 6. The molecule has 7 N–H and O–H groups in total. The van der Waals surface area contributed by atoms with Crippen molar-refractivity contribution >= 4 is 6.09 Å². The average Bonchev–Trinajstić information content (AvgIpc) is 2.28. The molecule has 0 aromatic rings.